The lowest BCUT2D eigenvalue weighted by atomic mass is 10.1. The van der Waals surface area contributed by atoms with E-state index in [0.717, 1.165) is 30.8 Å². The molecule has 0 spiro atoms. The Labute approximate surface area is 126 Å². The van der Waals surface area contributed by atoms with Gasteiger partial charge in [-0.15, -0.1) is 11.3 Å². The quantitative estimate of drug-likeness (QED) is 0.860. The molecule has 2 heterocycles. The van der Waals surface area contributed by atoms with Gasteiger partial charge >= 0.3 is 0 Å². The van der Waals surface area contributed by atoms with Gasteiger partial charge in [-0.1, -0.05) is 23.8 Å². The summed E-state index contributed by atoms with van der Waals surface area (Å²) in [5, 5.41) is 2.87. The van der Waals surface area contributed by atoms with E-state index >= 15 is 0 Å². The lowest BCUT2D eigenvalue weighted by Gasteiger charge is -2.30. The molecule has 2 aromatic rings. The zero-order valence-corrected chi connectivity index (χ0v) is 12.6. The van der Waals surface area contributed by atoms with Gasteiger partial charge in [0, 0.05) is 34.2 Å². The molecule has 0 aliphatic carbocycles. The van der Waals surface area contributed by atoms with Gasteiger partial charge in [0.1, 0.15) is 4.99 Å². The van der Waals surface area contributed by atoms with Crippen molar-refractivity contribution in [3.63, 3.8) is 0 Å². The largest absolute Gasteiger partial charge is 0.389 e. The molecular formula is C14H13ClN2S2. The fraction of sp³-hybridized carbons (Fsp3) is 0.214. The molecule has 0 bridgehead atoms. The second-order valence-corrected chi connectivity index (χ2v) is 6.44. The summed E-state index contributed by atoms with van der Waals surface area (Å²) in [6.07, 6.45) is 1.07. The van der Waals surface area contributed by atoms with Gasteiger partial charge in [-0.3, -0.25) is 0 Å². The number of nitrogens with zero attached hydrogens (tertiary/aromatic N) is 1. The standard InChI is InChI=1S/C14H13ClN2S2/c15-10-1-2-11(14(16)18)12(7-10)17-5-3-13-9(8-17)4-6-19-13/h1-2,4,6-7H,3,5,8H2,(H2,16,18). The summed E-state index contributed by atoms with van der Waals surface area (Å²) in [5.74, 6) is 0. The Kier molecular flexibility index (Phi) is 3.48. The molecule has 0 saturated heterocycles. The maximum Gasteiger partial charge on any atom is 0.106 e. The van der Waals surface area contributed by atoms with Crippen LogP contribution in [0.5, 0.6) is 0 Å². The van der Waals surface area contributed by atoms with E-state index < -0.39 is 0 Å². The number of hydrogen-bond donors (Lipinski definition) is 1. The molecule has 98 valence electrons. The molecule has 0 amide bonds. The number of halogens is 1. The Hall–Kier alpha value is -1.10. The van der Waals surface area contributed by atoms with Crippen molar-refractivity contribution in [1.82, 2.24) is 0 Å². The second-order valence-electron chi connectivity index (χ2n) is 4.57. The van der Waals surface area contributed by atoms with E-state index in [4.69, 9.17) is 29.6 Å². The Morgan fingerprint density at radius 1 is 1.37 bits per heavy atom. The first-order chi connectivity index (χ1) is 9.15. The van der Waals surface area contributed by atoms with E-state index in [1.54, 1.807) is 0 Å². The maximum atomic E-state index is 6.11. The number of benzene rings is 1. The highest BCUT2D eigenvalue weighted by atomic mass is 35.5. The summed E-state index contributed by atoms with van der Waals surface area (Å²) in [6, 6.07) is 7.88. The van der Waals surface area contributed by atoms with Crippen LogP contribution >= 0.6 is 35.2 Å². The lowest BCUT2D eigenvalue weighted by molar-refractivity contribution is 0.743. The van der Waals surface area contributed by atoms with Crippen molar-refractivity contribution in [3.05, 3.63) is 50.7 Å². The number of fused-ring (bicyclic) bond motifs is 1. The molecule has 19 heavy (non-hydrogen) atoms. The fourth-order valence-corrected chi connectivity index (χ4v) is 3.66. The Bertz CT molecular complexity index is 636. The number of thiocarbonyl (C=S) groups is 1. The smallest absolute Gasteiger partial charge is 0.106 e. The second kappa shape index (κ2) is 5.12. The van der Waals surface area contributed by atoms with Crippen molar-refractivity contribution in [2.75, 3.05) is 11.4 Å². The normalized spacial score (nSPS) is 14.3. The zero-order valence-electron chi connectivity index (χ0n) is 10.2. The van der Waals surface area contributed by atoms with Gasteiger partial charge in [0.05, 0.1) is 0 Å². The van der Waals surface area contributed by atoms with Crippen molar-refractivity contribution < 1.29 is 0 Å². The predicted molar refractivity (Wildman–Crippen MR) is 86.4 cm³/mol. The SMILES string of the molecule is NC(=S)c1ccc(Cl)cc1N1CCc2sccc2C1. The van der Waals surface area contributed by atoms with Crippen LogP contribution in [-0.4, -0.2) is 11.5 Å². The minimum Gasteiger partial charge on any atom is -0.389 e. The highest BCUT2D eigenvalue weighted by Crippen LogP contribution is 2.31. The van der Waals surface area contributed by atoms with E-state index in [0.29, 0.717) is 10.0 Å². The van der Waals surface area contributed by atoms with Crippen molar-refractivity contribution in [3.8, 4) is 0 Å². The lowest BCUT2D eigenvalue weighted by Crippen LogP contribution is -2.31. The number of nitrogens with two attached hydrogens (primary N) is 1. The number of anilines is 1. The van der Waals surface area contributed by atoms with Crippen molar-refractivity contribution in [1.29, 1.82) is 0 Å². The average Bonchev–Trinajstić information content (AvgIpc) is 2.85. The van der Waals surface area contributed by atoms with E-state index in [-0.39, 0.29) is 0 Å². The van der Waals surface area contributed by atoms with Crippen LogP contribution in [0, 0.1) is 0 Å². The highest BCUT2D eigenvalue weighted by molar-refractivity contribution is 7.80. The van der Waals surface area contributed by atoms with Crippen molar-refractivity contribution >= 4 is 45.8 Å². The summed E-state index contributed by atoms with van der Waals surface area (Å²) < 4.78 is 0. The topological polar surface area (TPSA) is 29.3 Å². The Morgan fingerprint density at radius 2 is 2.21 bits per heavy atom. The van der Waals surface area contributed by atoms with Crippen LogP contribution in [-0.2, 0) is 13.0 Å². The number of thiophene rings is 1. The third-order valence-electron chi connectivity index (χ3n) is 3.37. The van der Waals surface area contributed by atoms with Crippen LogP contribution in [0.3, 0.4) is 0 Å². The van der Waals surface area contributed by atoms with Crippen molar-refractivity contribution in [2.24, 2.45) is 5.73 Å². The van der Waals surface area contributed by atoms with Gasteiger partial charge in [-0.2, -0.15) is 0 Å². The highest BCUT2D eigenvalue weighted by Gasteiger charge is 2.20. The van der Waals surface area contributed by atoms with Crippen molar-refractivity contribution in [2.45, 2.75) is 13.0 Å². The van der Waals surface area contributed by atoms with Gasteiger partial charge in [-0.25, -0.2) is 0 Å². The maximum absolute atomic E-state index is 6.11. The first-order valence-electron chi connectivity index (χ1n) is 6.04. The van der Waals surface area contributed by atoms with Gasteiger partial charge in [0.2, 0.25) is 0 Å². The first kappa shape index (κ1) is 12.9. The van der Waals surface area contributed by atoms with Gasteiger partial charge in [-0.05, 0) is 41.6 Å². The van der Waals surface area contributed by atoms with Crippen LogP contribution in [0.1, 0.15) is 16.0 Å². The molecule has 0 fully saturated rings. The molecule has 5 heteroatoms. The molecule has 0 radical (unpaired) electrons. The Balaban J connectivity index is 1.99. The van der Waals surface area contributed by atoms with Crippen LogP contribution in [0.2, 0.25) is 5.02 Å². The molecular weight excluding hydrogens is 296 g/mol. The molecule has 2 N–H and O–H groups in total. The number of rotatable bonds is 2. The predicted octanol–water partition coefficient (Wildman–Crippen LogP) is 3.60. The minimum absolute atomic E-state index is 0.419. The molecule has 0 atom stereocenters. The zero-order chi connectivity index (χ0) is 13.4. The third-order valence-corrected chi connectivity index (χ3v) is 4.85. The molecule has 1 aliphatic heterocycles. The summed E-state index contributed by atoms with van der Waals surface area (Å²) in [6.45, 7) is 1.87. The average molecular weight is 309 g/mol. The molecule has 0 saturated carbocycles. The van der Waals surface area contributed by atoms with Gasteiger partial charge in [0.25, 0.3) is 0 Å². The molecule has 3 rings (SSSR count). The van der Waals surface area contributed by atoms with E-state index in [9.17, 15) is 0 Å². The fourth-order valence-electron chi connectivity index (χ4n) is 2.43. The number of hydrogen-bond acceptors (Lipinski definition) is 3. The molecule has 2 nitrogen and oxygen atoms in total. The third kappa shape index (κ3) is 2.48. The summed E-state index contributed by atoms with van der Waals surface area (Å²) in [7, 11) is 0. The molecule has 0 unspecified atom stereocenters. The van der Waals surface area contributed by atoms with Crippen LogP contribution < -0.4 is 10.6 Å². The monoisotopic (exact) mass is 308 g/mol. The summed E-state index contributed by atoms with van der Waals surface area (Å²) >= 11 is 13.1. The van der Waals surface area contributed by atoms with E-state index in [1.807, 2.05) is 29.5 Å². The summed E-state index contributed by atoms with van der Waals surface area (Å²) in [4.78, 5) is 4.20. The summed E-state index contributed by atoms with van der Waals surface area (Å²) in [5.41, 5.74) is 9.14. The van der Waals surface area contributed by atoms with E-state index in [2.05, 4.69) is 16.3 Å². The molecule has 1 aromatic carbocycles. The first-order valence-corrected chi connectivity index (χ1v) is 7.71. The van der Waals surface area contributed by atoms with Crippen LogP contribution in [0.25, 0.3) is 0 Å². The van der Waals surface area contributed by atoms with Crippen LogP contribution in [0.15, 0.2) is 29.6 Å². The molecule has 1 aromatic heterocycles. The minimum atomic E-state index is 0.419. The Morgan fingerprint density at radius 3 is 3.00 bits per heavy atom. The van der Waals surface area contributed by atoms with E-state index in [1.165, 1.54) is 10.4 Å². The van der Waals surface area contributed by atoms with Gasteiger partial charge < -0.3 is 10.6 Å². The molecule has 1 aliphatic rings. The van der Waals surface area contributed by atoms with Gasteiger partial charge in [0.15, 0.2) is 0 Å². The van der Waals surface area contributed by atoms with Crippen LogP contribution in [0.4, 0.5) is 5.69 Å².